The highest BCUT2D eigenvalue weighted by atomic mass is 35.5. The van der Waals surface area contributed by atoms with E-state index in [2.05, 4.69) is 31.2 Å². The molecule has 1 heterocycles. The summed E-state index contributed by atoms with van der Waals surface area (Å²) in [5.41, 5.74) is 0.671. The van der Waals surface area contributed by atoms with Gasteiger partial charge in [0, 0.05) is 32.1 Å². The van der Waals surface area contributed by atoms with Gasteiger partial charge in [0.1, 0.15) is 16.7 Å². The average Bonchev–Trinajstić information content (AvgIpc) is 2.66. The van der Waals surface area contributed by atoms with Crippen molar-refractivity contribution in [3.8, 4) is 0 Å². The molecule has 0 radical (unpaired) electrons. The molecule has 0 unspecified atom stereocenters. The predicted molar refractivity (Wildman–Crippen MR) is 103 cm³/mol. The minimum Gasteiger partial charge on any atom is -0.380 e. The zero-order valence-electron chi connectivity index (χ0n) is 14.8. The van der Waals surface area contributed by atoms with Crippen molar-refractivity contribution in [2.24, 2.45) is 0 Å². The largest absolute Gasteiger partial charge is 0.380 e. The van der Waals surface area contributed by atoms with Gasteiger partial charge >= 0.3 is 0 Å². The summed E-state index contributed by atoms with van der Waals surface area (Å²) in [6.45, 7) is 0.125. The quantitative estimate of drug-likeness (QED) is 0.406. The molecular weight excluding hydrogens is 392 g/mol. The van der Waals surface area contributed by atoms with Gasteiger partial charge in [-0.15, -0.1) is 0 Å². The lowest BCUT2D eigenvalue weighted by molar-refractivity contribution is -0.119. The number of hydrogen-bond acceptors (Lipinski definition) is 7. The van der Waals surface area contributed by atoms with Crippen LogP contribution in [-0.2, 0) is 11.3 Å². The number of rotatable bonds is 9. The van der Waals surface area contributed by atoms with E-state index in [4.69, 9.17) is 17.0 Å². The Bertz CT molecular complexity index is 872. The minimum atomic E-state index is -0.682. The van der Waals surface area contributed by atoms with Crippen molar-refractivity contribution in [2.75, 3.05) is 24.2 Å². The number of likely N-dealkylation sites (N-methyl/N-ethyl adjacent to an activating group) is 1. The standard InChI is InChI=1S/C17H18ClF2N7O/c1-22-15(28)9-23-7-13(5-21)26-17-25-8-14(18)16(27-17)24-6-10-2-11(19)4-12(20)3-10/h2-5,7-8,21,23H,6,9H2,1H3,(H,22,28)(H2,24,25,26,27)/b13-7+,21-5?. The molecule has 0 aliphatic rings. The van der Waals surface area contributed by atoms with E-state index < -0.39 is 11.6 Å². The summed E-state index contributed by atoms with van der Waals surface area (Å²) in [5, 5.41) is 18.5. The van der Waals surface area contributed by atoms with Gasteiger partial charge in [-0.25, -0.2) is 13.8 Å². The first-order valence-electron chi connectivity index (χ1n) is 8.04. The third-order valence-electron chi connectivity index (χ3n) is 3.34. The fourth-order valence-electron chi connectivity index (χ4n) is 2.04. The lowest BCUT2D eigenvalue weighted by Gasteiger charge is -2.11. The van der Waals surface area contributed by atoms with E-state index >= 15 is 0 Å². The molecule has 0 aliphatic heterocycles. The van der Waals surface area contributed by atoms with E-state index in [-0.39, 0.29) is 35.8 Å². The molecule has 2 rings (SSSR count). The van der Waals surface area contributed by atoms with Crippen LogP contribution < -0.4 is 21.3 Å². The van der Waals surface area contributed by atoms with Gasteiger partial charge in [0.15, 0.2) is 5.82 Å². The van der Waals surface area contributed by atoms with Gasteiger partial charge in [-0.05, 0) is 17.7 Å². The normalized spacial score (nSPS) is 10.9. The molecule has 148 valence electrons. The highest BCUT2D eigenvalue weighted by Crippen LogP contribution is 2.21. The highest BCUT2D eigenvalue weighted by Gasteiger charge is 2.08. The number of carbonyl (C=O) groups excluding carboxylic acids is 1. The van der Waals surface area contributed by atoms with Gasteiger partial charge in [0.2, 0.25) is 11.9 Å². The number of carbonyl (C=O) groups is 1. The lowest BCUT2D eigenvalue weighted by Crippen LogP contribution is -2.29. The van der Waals surface area contributed by atoms with E-state index in [0.29, 0.717) is 11.3 Å². The third-order valence-corrected chi connectivity index (χ3v) is 3.61. The number of hydrogen-bond donors (Lipinski definition) is 5. The number of amides is 1. The van der Waals surface area contributed by atoms with Crippen LogP contribution in [0.4, 0.5) is 20.5 Å². The zero-order valence-corrected chi connectivity index (χ0v) is 15.6. The molecule has 1 aromatic carbocycles. The Morgan fingerprint density at radius 3 is 2.64 bits per heavy atom. The molecule has 1 aromatic heterocycles. The number of benzene rings is 1. The van der Waals surface area contributed by atoms with Crippen molar-refractivity contribution in [1.29, 1.82) is 5.41 Å². The van der Waals surface area contributed by atoms with Crippen molar-refractivity contribution in [3.63, 3.8) is 0 Å². The summed E-state index contributed by atoms with van der Waals surface area (Å²) in [5.74, 6) is -1.21. The van der Waals surface area contributed by atoms with Crippen LogP contribution in [0.15, 0.2) is 36.3 Å². The van der Waals surface area contributed by atoms with Crippen LogP contribution in [0.5, 0.6) is 0 Å². The average molecular weight is 410 g/mol. The van der Waals surface area contributed by atoms with Crippen LogP contribution in [0.1, 0.15) is 5.56 Å². The molecule has 0 atom stereocenters. The molecule has 11 heteroatoms. The SMILES string of the molecule is CNC(=O)CN/C=C(\C=N)Nc1ncc(Cl)c(NCc2cc(F)cc(F)c2)n1. The fourth-order valence-corrected chi connectivity index (χ4v) is 2.19. The van der Waals surface area contributed by atoms with E-state index in [1.54, 1.807) is 0 Å². The smallest absolute Gasteiger partial charge is 0.239 e. The van der Waals surface area contributed by atoms with E-state index in [0.717, 1.165) is 12.3 Å². The number of nitrogens with one attached hydrogen (secondary N) is 5. The lowest BCUT2D eigenvalue weighted by atomic mass is 10.2. The Labute approximate surface area is 164 Å². The Morgan fingerprint density at radius 2 is 2.00 bits per heavy atom. The minimum absolute atomic E-state index is 0.0357. The number of anilines is 2. The molecule has 0 fully saturated rings. The molecule has 0 saturated carbocycles. The summed E-state index contributed by atoms with van der Waals surface area (Å²) in [7, 11) is 1.51. The van der Waals surface area contributed by atoms with Crippen molar-refractivity contribution >= 4 is 35.5 Å². The van der Waals surface area contributed by atoms with Crippen LogP contribution in [-0.4, -0.2) is 35.7 Å². The van der Waals surface area contributed by atoms with Gasteiger partial charge in [0.05, 0.1) is 18.4 Å². The van der Waals surface area contributed by atoms with Gasteiger partial charge in [-0.1, -0.05) is 11.6 Å². The Kier molecular flexibility index (Phi) is 7.64. The molecule has 0 aliphatic carbocycles. The first-order chi connectivity index (χ1) is 13.4. The van der Waals surface area contributed by atoms with E-state index in [1.807, 2.05) is 0 Å². The number of allylic oxidation sites excluding steroid dienone is 1. The van der Waals surface area contributed by atoms with Gasteiger partial charge < -0.3 is 26.7 Å². The van der Waals surface area contributed by atoms with Crippen LogP contribution in [0.25, 0.3) is 0 Å². The summed E-state index contributed by atoms with van der Waals surface area (Å²) < 4.78 is 26.5. The van der Waals surface area contributed by atoms with Crippen LogP contribution >= 0.6 is 11.6 Å². The second-order valence-corrected chi connectivity index (χ2v) is 5.85. The molecule has 8 nitrogen and oxygen atoms in total. The number of aromatic nitrogens is 2. The summed E-state index contributed by atoms with van der Waals surface area (Å²) in [6.07, 6.45) is 3.77. The zero-order chi connectivity index (χ0) is 20.5. The molecule has 0 spiro atoms. The number of halogens is 3. The fraction of sp³-hybridized carbons (Fsp3) is 0.176. The van der Waals surface area contributed by atoms with Gasteiger partial charge in [0.25, 0.3) is 0 Å². The van der Waals surface area contributed by atoms with Crippen LogP contribution in [0.3, 0.4) is 0 Å². The van der Waals surface area contributed by atoms with E-state index in [9.17, 15) is 13.6 Å². The monoisotopic (exact) mass is 409 g/mol. The summed E-state index contributed by atoms with van der Waals surface area (Å²) in [4.78, 5) is 19.4. The topological polar surface area (TPSA) is 115 Å². The molecule has 0 saturated heterocycles. The Balaban J connectivity index is 2.05. The highest BCUT2D eigenvalue weighted by molar-refractivity contribution is 6.32. The first kappa shape index (κ1) is 21.0. The summed E-state index contributed by atoms with van der Waals surface area (Å²) >= 11 is 6.05. The summed E-state index contributed by atoms with van der Waals surface area (Å²) in [6, 6.07) is 3.17. The van der Waals surface area contributed by atoms with Crippen molar-refractivity contribution < 1.29 is 13.6 Å². The molecule has 28 heavy (non-hydrogen) atoms. The Morgan fingerprint density at radius 1 is 1.29 bits per heavy atom. The molecule has 5 N–H and O–H groups in total. The second-order valence-electron chi connectivity index (χ2n) is 5.44. The predicted octanol–water partition coefficient (Wildman–Crippen LogP) is 2.26. The maximum Gasteiger partial charge on any atom is 0.239 e. The van der Waals surface area contributed by atoms with Crippen molar-refractivity contribution in [2.45, 2.75) is 6.54 Å². The second kappa shape index (κ2) is 10.2. The van der Waals surface area contributed by atoms with Crippen LogP contribution in [0, 0.1) is 17.0 Å². The number of nitrogens with zero attached hydrogens (tertiary/aromatic N) is 2. The Hall–Kier alpha value is -3.27. The van der Waals surface area contributed by atoms with Crippen molar-refractivity contribution in [3.05, 3.63) is 58.5 Å². The molecule has 0 bridgehead atoms. The van der Waals surface area contributed by atoms with Crippen molar-refractivity contribution in [1.82, 2.24) is 20.6 Å². The maximum atomic E-state index is 13.3. The molecule has 2 aromatic rings. The molecular formula is C17H18ClF2N7O. The van der Waals surface area contributed by atoms with Crippen LogP contribution in [0.2, 0.25) is 5.02 Å². The van der Waals surface area contributed by atoms with Gasteiger partial charge in [-0.3, -0.25) is 4.79 Å². The third kappa shape index (κ3) is 6.47. The van der Waals surface area contributed by atoms with Gasteiger partial charge in [-0.2, -0.15) is 4.98 Å². The first-order valence-corrected chi connectivity index (χ1v) is 8.42. The maximum absolute atomic E-state index is 13.3. The molecule has 1 amide bonds. The van der Waals surface area contributed by atoms with E-state index in [1.165, 1.54) is 31.6 Å².